The first-order valence-electron chi connectivity index (χ1n) is 11.4. The minimum atomic E-state index is -0.547. The van der Waals surface area contributed by atoms with E-state index in [0.29, 0.717) is 23.2 Å². The van der Waals surface area contributed by atoms with Gasteiger partial charge < -0.3 is 15.4 Å². The molecule has 8 nitrogen and oxygen atoms in total. The second-order valence-corrected chi connectivity index (χ2v) is 9.83. The smallest absolute Gasteiger partial charge is 0.185 e. The molecule has 1 aliphatic rings. The number of benzene rings is 2. The number of anilines is 1. The number of thiazole rings is 1. The molecule has 2 N–H and O–H groups in total. The van der Waals surface area contributed by atoms with Gasteiger partial charge in [-0.2, -0.15) is 5.26 Å². The highest BCUT2D eigenvalue weighted by atomic mass is 32.1. The first kappa shape index (κ1) is 23.8. The van der Waals surface area contributed by atoms with Gasteiger partial charge in [0.25, 0.3) is 0 Å². The van der Waals surface area contributed by atoms with Crippen LogP contribution < -0.4 is 15.4 Å². The van der Waals surface area contributed by atoms with Crippen molar-refractivity contribution in [2.45, 2.75) is 25.8 Å². The molecule has 0 amide bonds. The fourth-order valence-electron chi connectivity index (χ4n) is 4.58. The SMILES string of the molecule is COc1cccc(F)c1-c1nccc(C(=O)Cc2cc(C#N)c3sc(C)nc3c2N2CC[C@H](N)C2)n1. The van der Waals surface area contributed by atoms with E-state index in [-0.39, 0.29) is 41.1 Å². The van der Waals surface area contributed by atoms with Crippen molar-refractivity contribution in [1.82, 2.24) is 15.0 Å². The quantitative estimate of drug-likeness (QED) is 0.393. The number of methoxy groups -OCH3 is 1. The standard InChI is InChI=1S/C26H23FN6O2S/c1-14-31-23-24(33-9-7-17(29)13-33)15(10-16(12-28)25(23)36-14)11-20(34)19-6-8-30-26(32-19)22-18(27)4-3-5-21(22)35-2/h3-6,8,10,17H,7,9,11,13,29H2,1-2H3/t17-/m0/s1. The molecule has 0 radical (unpaired) electrons. The third kappa shape index (κ3) is 4.27. The van der Waals surface area contributed by atoms with Gasteiger partial charge in [0, 0.05) is 31.7 Å². The molecular weight excluding hydrogens is 479 g/mol. The highest BCUT2D eigenvalue weighted by Crippen LogP contribution is 2.38. The molecule has 0 bridgehead atoms. The van der Waals surface area contributed by atoms with E-state index in [0.717, 1.165) is 28.4 Å². The second kappa shape index (κ2) is 9.60. The number of Topliss-reactive ketones (excluding diaryl/α,β-unsaturated/α-hetero) is 1. The van der Waals surface area contributed by atoms with Crippen molar-refractivity contribution in [1.29, 1.82) is 5.26 Å². The molecule has 4 aromatic rings. The Morgan fingerprint density at radius 1 is 1.36 bits per heavy atom. The van der Waals surface area contributed by atoms with Gasteiger partial charge in [-0.3, -0.25) is 4.79 Å². The summed E-state index contributed by atoms with van der Waals surface area (Å²) >= 11 is 1.46. The number of nitrogens with two attached hydrogens (primary N) is 1. The predicted octanol–water partition coefficient (Wildman–Crippen LogP) is 4.04. The summed E-state index contributed by atoms with van der Waals surface area (Å²) in [6.45, 7) is 3.28. The fourth-order valence-corrected chi connectivity index (χ4v) is 5.47. The predicted molar refractivity (Wildman–Crippen MR) is 136 cm³/mol. The normalized spacial score (nSPS) is 15.3. The highest BCUT2D eigenvalue weighted by Gasteiger charge is 2.27. The van der Waals surface area contributed by atoms with Crippen molar-refractivity contribution in [3.63, 3.8) is 0 Å². The van der Waals surface area contributed by atoms with Crippen LogP contribution in [0.25, 0.3) is 21.6 Å². The molecule has 3 heterocycles. The van der Waals surface area contributed by atoms with Crippen molar-refractivity contribution in [3.05, 3.63) is 64.2 Å². The lowest BCUT2D eigenvalue weighted by Gasteiger charge is -2.22. The average molecular weight is 503 g/mol. The van der Waals surface area contributed by atoms with Crippen LogP contribution in [0.5, 0.6) is 5.75 Å². The Bertz CT molecular complexity index is 1530. The van der Waals surface area contributed by atoms with Crippen LogP contribution in [0.3, 0.4) is 0 Å². The van der Waals surface area contributed by atoms with Crippen LogP contribution in [0, 0.1) is 24.1 Å². The topological polar surface area (TPSA) is 118 Å². The van der Waals surface area contributed by atoms with E-state index in [4.69, 9.17) is 15.5 Å². The Balaban J connectivity index is 1.57. The summed E-state index contributed by atoms with van der Waals surface area (Å²) in [5.74, 6) is -0.497. The van der Waals surface area contributed by atoms with Gasteiger partial charge in [-0.25, -0.2) is 19.3 Å². The van der Waals surface area contributed by atoms with Gasteiger partial charge in [0.15, 0.2) is 11.6 Å². The number of hydrogen-bond donors (Lipinski definition) is 1. The van der Waals surface area contributed by atoms with Crippen LogP contribution in [-0.4, -0.2) is 47.0 Å². The number of hydrogen-bond acceptors (Lipinski definition) is 9. The van der Waals surface area contributed by atoms with Crippen LogP contribution in [0.2, 0.25) is 0 Å². The zero-order valence-electron chi connectivity index (χ0n) is 19.8. The van der Waals surface area contributed by atoms with Gasteiger partial charge in [-0.15, -0.1) is 11.3 Å². The maximum Gasteiger partial charge on any atom is 0.185 e. The number of aromatic nitrogens is 3. The van der Waals surface area contributed by atoms with E-state index in [1.807, 2.05) is 6.92 Å². The highest BCUT2D eigenvalue weighted by molar-refractivity contribution is 7.18. The van der Waals surface area contributed by atoms with Crippen LogP contribution in [-0.2, 0) is 6.42 Å². The maximum atomic E-state index is 14.6. The summed E-state index contributed by atoms with van der Waals surface area (Å²) in [6.07, 6.45) is 2.25. The van der Waals surface area contributed by atoms with Crippen molar-refractivity contribution in [2.75, 3.05) is 25.1 Å². The Hall–Kier alpha value is -3.94. The molecule has 2 aromatic heterocycles. The Morgan fingerprint density at radius 2 is 2.19 bits per heavy atom. The number of ether oxygens (including phenoxy) is 1. The Morgan fingerprint density at radius 3 is 2.92 bits per heavy atom. The monoisotopic (exact) mass is 502 g/mol. The molecule has 36 heavy (non-hydrogen) atoms. The number of carbonyl (C=O) groups is 1. The van der Waals surface area contributed by atoms with E-state index in [1.165, 1.54) is 42.8 Å². The van der Waals surface area contributed by atoms with Gasteiger partial charge >= 0.3 is 0 Å². The minimum Gasteiger partial charge on any atom is -0.496 e. The molecule has 0 saturated carbocycles. The van der Waals surface area contributed by atoms with E-state index >= 15 is 0 Å². The molecule has 0 aliphatic carbocycles. The largest absolute Gasteiger partial charge is 0.496 e. The first-order valence-corrected chi connectivity index (χ1v) is 12.2. The van der Waals surface area contributed by atoms with Gasteiger partial charge in [0.1, 0.15) is 28.8 Å². The van der Waals surface area contributed by atoms with Crippen molar-refractivity contribution < 1.29 is 13.9 Å². The molecule has 1 aliphatic heterocycles. The molecule has 1 atom stereocenters. The van der Waals surface area contributed by atoms with Crippen LogP contribution in [0.4, 0.5) is 10.1 Å². The van der Waals surface area contributed by atoms with Crippen LogP contribution in [0.15, 0.2) is 36.5 Å². The Labute approximate surface area is 211 Å². The van der Waals surface area contributed by atoms with Crippen LogP contribution >= 0.6 is 11.3 Å². The lowest BCUT2D eigenvalue weighted by Crippen LogP contribution is -2.27. The number of ketones is 1. The molecule has 0 spiro atoms. The number of aryl methyl sites for hydroxylation is 1. The molecule has 2 aromatic carbocycles. The van der Waals surface area contributed by atoms with Crippen molar-refractivity contribution >= 4 is 33.0 Å². The maximum absolute atomic E-state index is 14.6. The minimum absolute atomic E-state index is 0.00682. The van der Waals surface area contributed by atoms with Gasteiger partial charge in [0.2, 0.25) is 0 Å². The number of nitrogens with zero attached hydrogens (tertiary/aromatic N) is 5. The van der Waals surface area contributed by atoms with Gasteiger partial charge in [0.05, 0.1) is 33.6 Å². The molecule has 0 unspecified atom stereocenters. The van der Waals surface area contributed by atoms with E-state index in [9.17, 15) is 14.4 Å². The first-order chi connectivity index (χ1) is 17.4. The zero-order valence-corrected chi connectivity index (χ0v) is 20.6. The number of rotatable bonds is 6. The summed E-state index contributed by atoms with van der Waals surface area (Å²) in [5, 5.41) is 10.6. The van der Waals surface area contributed by atoms with Crippen molar-refractivity contribution in [3.8, 4) is 23.2 Å². The molecule has 182 valence electrons. The third-order valence-electron chi connectivity index (χ3n) is 6.20. The average Bonchev–Trinajstić information content (AvgIpc) is 3.48. The van der Waals surface area contributed by atoms with E-state index < -0.39 is 5.82 Å². The van der Waals surface area contributed by atoms with Crippen LogP contribution in [0.1, 0.15) is 33.0 Å². The summed E-state index contributed by atoms with van der Waals surface area (Å²) in [5.41, 5.74) is 9.13. The number of nitriles is 1. The summed E-state index contributed by atoms with van der Waals surface area (Å²) in [4.78, 5) is 28.8. The fraction of sp³-hybridized carbons (Fsp3) is 0.269. The summed E-state index contributed by atoms with van der Waals surface area (Å²) in [7, 11) is 1.43. The van der Waals surface area contributed by atoms with E-state index in [2.05, 4.69) is 20.9 Å². The molecule has 5 rings (SSSR count). The molecular formula is C26H23FN6O2S. The molecule has 10 heteroatoms. The second-order valence-electron chi connectivity index (χ2n) is 8.63. The van der Waals surface area contributed by atoms with Gasteiger partial charge in [-0.1, -0.05) is 6.07 Å². The Kier molecular flexibility index (Phi) is 6.35. The van der Waals surface area contributed by atoms with Gasteiger partial charge in [-0.05, 0) is 43.2 Å². The number of fused-ring (bicyclic) bond motifs is 1. The number of halogens is 1. The molecule has 1 fully saturated rings. The third-order valence-corrected chi connectivity index (χ3v) is 7.20. The lowest BCUT2D eigenvalue weighted by atomic mass is 10.00. The summed E-state index contributed by atoms with van der Waals surface area (Å²) < 4.78 is 20.7. The number of carbonyl (C=O) groups excluding carboxylic acids is 1. The summed E-state index contributed by atoms with van der Waals surface area (Å²) in [6, 6.07) is 9.97. The van der Waals surface area contributed by atoms with E-state index in [1.54, 1.807) is 12.1 Å². The van der Waals surface area contributed by atoms with Crippen molar-refractivity contribution in [2.24, 2.45) is 5.73 Å². The lowest BCUT2D eigenvalue weighted by molar-refractivity contribution is 0.0988. The molecule has 1 saturated heterocycles. The zero-order chi connectivity index (χ0) is 25.4.